The zero-order valence-corrected chi connectivity index (χ0v) is 20.8. The highest BCUT2D eigenvalue weighted by Gasteiger charge is 2.31. The van der Waals surface area contributed by atoms with Crippen LogP contribution in [0.1, 0.15) is 49.5 Å². The van der Waals surface area contributed by atoms with E-state index in [1.54, 1.807) is 12.1 Å². The number of hydrogen-bond donors (Lipinski definition) is 2. The smallest absolute Gasteiger partial charge is 0.406 e. The highest BCUT2D eigenvalue weighted by atomic mass is 32.2. The molecule has 1 amide bonds. The van der Waals surface area contributed by atoms with Crippen molar-refractivity contribution in [2.24, 2.45) is 11.8 Å². The molecule has 36 heavy (non-hydrogen) atoms. The molecule has 0 saturated heterocycles. The van der Waals surface area contributed by atoms with Crippen molar-refractivity contribution < 1.29 is 31.1 Å². The highest BCUT2D eigenvalue weighted by Crippen LogP contribution is 2.40. The molecule has 1 saturated carbocycles. The molecular weight excluding hydrogens is 497 g/mol. The predicted molar refractivity (Wildman–Crippen MR) is 130 cm³/mol. The van der Waals surface area contributed by atoms with E-state index in [1.807, 2.05) is 9.29 Å². The van der Waals surface area contributed by atoms with E-state index in [0.29, 0.717) is 34.5 Å². The molecule has 1 heterocycles. The molecule has 2 unspecified atom stereocenters. The summed E-state index contributed by atoms with van der Waals surface area (Å²) in [6.07, 6.45) is -1.02. The Hall–Kier alpha value is -3.28. The Morgan fingerprint density at radius 1 is 1.06 bits per heavy atom. The van der Waals surface area contributed by atoms with E-state index in [4.69, 9.17) is 0 Å². The first-order valence-electron chi connectivity index (χ1n) is 11.4. The first kappa shape index (κ1) is 25.8. The summed E-state index contributed by atoms with van der Waals surface area (Å²) in [5.74, 6) is 0.311. The van der Waals surface area contributed by atoms with Gasteiger partial charge in [0.25, 0.3) is 5.91 Å². The predicted octanol–water partition coefficient (Wildman–Crippen LogP) is 5.37. The number of anilines is 2. The molecule has 1 fully saturated rings. The van der Waals surface area contributed by atoms with Gasteiger partial charge >= 0.3 is 6.36 Å². The van der Waals surface area contributed by atoms with Crippen LogP contribution >= 0.6 is 0 Å². The number of aromatic nitrogens is 2. The quantitative estimate of drug-likeness (QED) is 0.450. The topological polar surface area (TPSA) is 102 Å². The van der Waals surface area contributed by atoms with Crippen molar-refractivity contribution in [3.05, 3.63) is 48.0 Å². The molecule has 4 rings (SSSR count). The van der Waals surface area contributed by atoms with Gasteiger partial charge in [-0.1, -0.05) is 13.8 Å². The Morgan fingerprint density at radius 3 is 2.28 bits per heavy atom. The minimum absolute atomic E-state index is 0.0531. The normalized spacial score (nSPS) is 20.8. The maximum Gasteiger partial charge on any atom is 0.573 e. The van der Waals surface area contributed by atoms with Crippen LogP contribution in [0.25, 0.3) is 11.0 Å². The number of sulfonamides is 1. The Balaban J connectivity index is 1.73. The Morgan fingerprint density at radius 2 is 1.69 bits per heavy atom. The number of ether oxygens (including phenoxy) is 1. The number of benzene rings is 2. The Labute approximate surface area is 206 Å². The number of halogens is 3. The summed E-state index contributed by atoms with van der Waals surface area (Å²) >= 11 is 0. The molecule has 1 aliphatic rings. The first-order chi connectivity index (χ1) is 16.8. The van der Waals surface area contributed by atoms with E-state index in [0.717, 1.165) is 25.5 Å². The molecular formula is C24H27F3N4O4S. The lowest BCUT2D eigenvalue weighted by atomic mass is 9.80. The van der Waals surface area contributed by atoms with Gasteiger partial charge in [-0.2, -0.15) is 0 Å². The summed E-state index contributed by atoms with van der Waals surface area (Å²) in [4.78, 5) is 17.2. The number of amides is 1. The molecule has 2 aromatic carbocycles. The molecule has 1 aromatic heterocycles. The number of imidazole rings is 1. The molecule has 0 radical (unpaired) electrons. The fraction of sp³-hybridized carbons (Fsp3) is 0.417. The summed E-state index contributed by atoms with van der Waals surface area (Å²) in [5, 5.41) is 3.18. The van der Waals surface area contributed by atoms with E-state index in [2.05, 4.69) is 28.9 Å². The number of alkyl halides is 3. The fourth-order valence-corrected chi connectivity index (χ4v) is 5.36. The third-order valence-electron chi connectivity index (χ3n) is 6.09. The standard InChI is InChI=1S/C24H27F3N4O4S/c1-14-10-15(2)12-18(11-14)31-21-13-16(22(32)30-36(3,33)34)4-9-20(21)29-23(31)28-17-5-7-19(8-6-17)35-24(25,26)27/h4-9,13-15,18H,10-12H2,1-3H3,(H,28,29)(H,30,32). The van der Waals surface area contributed by atoms with Crippen LogP contribution in [-0.2, 0) is 10.0 Å². The van der Waals surface area contributed by atoms with Crippen molar-refractivity contribution in [3.63, 3.8) is 0 Å². The summed E-state index contributed by atoms with van der Waals surface area (Å²) in [5.41, 5.74) is 1.93. The van der Waals surface area contributed by atoms with Crippen LogP contribution in [0.2, 0.25) is 0 Å². The van der Waals surface area contributed by atoms with Crippen LogP contribution in [-0.4, -0.2) is 36.5 Å². The van der Waals surface area contributed by atoms with Crippen molar-refractivity contribution in [1.29, 1.82) is 0 Å². The van der Waals surface area contributed by atoms with Crippen LogP contribution in [0.4, 0.5) is 24.8 Å². The molecule has 3 aromatic rings. The van der Waals surface area contributed by atoms with Crippen LogP contribution in [0.3, 0.4) is 0 Å². The zero-order chi connectivity index (χ0) is 26.3. The van der Waals surface area contributed by atoms with Crippen LogP contribution in [0.5, 0.6) is 5.75 Å². The Kier molecular flexibility index (Phi) is 6.91. The zero-order valence-electron chi connectivity index (χ0n) is 20.0. The number of carbonyl (C=O) groups is 1. The number of rotatable bonds is 6. The summed E-state index contributed by atoms with van der Waals surface area (Å²) in [6, 6.07) is 10.1. The van der Waals surface area contributed by atoms with Gasteiger partial charge in [0.15, 0.2) is 0 Å². The molecule has 12 heteroatoms. The summed E-state index contributed by atoms with van der Waals surface area (Å²) in [7, 11) is -3.74. The molecule has 1 aliphatic carbocycles. The van der Waals surface area contributed by atoms with E-state index in [9.17, 15) is 26.4 Å². The lowest BCUT2D eigenvalue weighted by Crippen LogP contribution is -2.29. The average Bonchev–Trinajstić information content (AvgIpc) is 3.09. The van der Waals surface area contributed by atoms with Gasteiger partial charge in [-0.25, -0.2) is 18.1 Å². The molecule has 194 valence electrons. The van der Waals surface area contributed by atoms with E-state index in [1.165, 1.54) is 30.3 Å². The SMILES string of the molecule is CC1CC(C)CC(n2c(Nc3ccc(OC(F)(F)F)cc3)nc3ccc(C(=O)NS(C)(=O)=O)cc32)C1. The highest BCUT2D eigenvalue weighted by molar-refractivity contribution is 7.89. The van der Waals surface area contributed by atoms with Crippen molar-refractivity contribution in [2.75, 3.05) is 11.6 Å². The monoisotopic (exact) mass is 524 g/mol. The van der Waals surface area contributed by atoms with Gasteiger partial charge in [0.1, 0.15) is 5.75 Å². The van der Waals surface area contributed by atoms with Gasteiger partial charge in [-0.15, -0.1) is 13.2 Å². The Bertz CT molecular complexity index is 1360. The average molecular weight is 525 g/mol. The van der Waals surface area contributed by atoms with Crippen LogP contribution in [0, 0.1) is 11.8 Å². The van der Waals surface area contributed by atoms with Crippen LogP contribution in [0.15, 0.2) is 42.5 Å². The number of fused-ring (bicyclic) bond motifs is 1. The minimum atomic E-state index is -4.78. The van der Waals surface area contributed by atoms with Gasteiger partial charge in [0.2, 0.25) is 16.0 Å². The maximum atomic E-state index is 12.5. The molecule has 0 spiro atoms. The number of carbonyl (C=O) groups excluding carboxylic acids is 1. The lowest BCUT2D eigenvalue weighted by Gasteiger charge is -2.33. The maximum absolute atomic E-state index is 12.5. The van der Waals surface area contributed by atoms with Crippen molar-refractivity contribution in [3.8, 4) is 5.75 Å². The van der Waals surface area contributed by atoms with E-state index < -0.39 is 22.3 Å². The van der Waals surface area contributed by atoms with Gasteiger partial charge in [0, 0.05) is 17.3 Å². The van der Waals surface area contributed by atoms with Gasteiger partial charge in [0.05, 0.1) is 17.3 Å². The van der Waals surface area contributed by atoms with E-state index in [-0.39, 0.29) is 17.4 Å². The van der Waals surface area contributed by atoms with Gasteiger partial charge < -0.3 is 14.6 Å². The third kappa shape index (κ3) is 6.28. The first-order valence-corrected chi connectivity index (χ1v) is 13.3. The minimum Gasteiger partial charge on any atom is -0.406 e. The van der Waals surface area contributed by atoms with Gasteiger partial charge in [-0.05, 0) is 73.6 Å². The largest absolute Gasteiger partial charge is 0.573 e. The lowest BCUT2D eigenvalue weighted by molar-refractivity contribution is -0.274. The number of hydrogen-bond acceptors (Lipinski definition) is 6. The second-order valence-electron chi connectivity index (χ2n) is 9.48. The molecule has 0 bridgehead atoms. The van der Waals surface area contributed by atoms with E-state index >= 15 is 0 Å². The molecule has 2 atom stereocenters. The van der Waals surface area contributed by atoms with Gasteiger partial charge in [-0.3, -0.25) is 4.79 Å². The van der Waals surface area contributed by atoms with Crippen LogP contribution < -0.4 is 14.8 Å². The fourth-order valence-electron chi connectivity index (χ4n) is 4.90. The number of nitrogens with zero attached hydrogens (tertiary/aromatic N) is 2. The van der Waals surface area contributed by atoms with Crippen molar-refractivity contribution in [2.45, 2.75) is 45.5 Å². The molecule has 0 aliphatic heterocycles. The second-order valence-corrected chi connectivity index (χ2v) is 11.2. The summed E-state index contributed by atoms with van der Waals surface area (Å²) < 4.78 is 68.5. The third-order valence-corrected chi connectivity index (χ3v) is 6.65. The second kappa shape index (κ2) is 9.64. The molecule has 2 N–H and O–H groups in total. The van der Waals surface area contributed by atoms with Crippen molar-refractivity contribution >= 4 is 38.6 Å². The van der Waals surface area contributed by atoms with Crippen molar-refractivity contribution in [1.82, 2.24) is 14.3 Å². The molecule has 8 nitrogen and oxygen atoms in total. The number of nitrogens with one attached hydrogen (secondary N) is 2. The summed E-state index contributed by atoms with van der Waals surface area (Å²) in [6.45, 7) is 4.36.